The number of hydrogen-bond donors (Lipinski definition) is 3. The number of phenolic OH excluding ortho intramolecular Hbond substituents is 2. The fourth-order valence-corrected chi connectivity index (χ4v) is 0.851. The van der Waals surface area contributed by atoms with Crippen molar-refractivity contribution < 1.29 is 15.3 Å². The van der Waals surface area contributed by atoms with Crippen molar-refractivity contribution in [2.24, 2.45) is 0 Å². The quantitative estimate of drug-likeness (QED) is 0.601. The number of aromatic hydroxyl groups is 2. The van der Waals surface area contributed by atoms with E-state index in [4.69, 9.17) is 26.9 Å². The number of hydrogen-bond acceptors (Lipinski definition) is 3. The molecule has 0 amide bonds. The summed E-state index contributed by atoms with van der Waals surface area (Å²) in [5.74, 6) is -0.452. The van der Waals surface area contributed by atoms with E-state index in [-0.39, 0.29) is 23.1 Å². The highest BCUT2D eigenvalue weighted by atomic mass is 35.5. The summed E-state index contributed by atoms with van der Waals surface area (Å²) in [5.41, 5.74) is 0.421. The Morgan fingerprint density at radius 3 is 2.00 bits per heavy atom. The highest BCUT2D eigenvalue weighted by Gasteiger charge is 2.05. The Bertz CT molecular complexity index is 249. The molecule has 1 rings (SSSR count). The van der Waals surface area contributed by atoms with E-state index in [2.05, 4.69) is 0 Å². The van der Waals surface area contributed by atoms with Crippen molar-refractivity contribution in [3.63, 3.8) is 0 Å². The smallest absolute Gasteiger partial charge is 0.138 e. The molecule has 0 aliphatic rings. The molecular formula is C7H7ClO3. The maximum Gasteiger partial charge on any atom is 0.138 e. The lowest BCUT2D eigenvalue weighted by Gasteiger charge is -2.01. The van der Waals surface area contributed by atoms with Gasteiger partial charge in [-0.15, -0.1) is 0 Å². The van der Waals surface area contributed by atoms with Gasteiger partial charge in [0, 0.05) is 0 Å². The molecule has 0 aliphatic heterocycles. The first-order valence-electron chi connectivity index (χ1n) is 2.96. The second-order valence-electron chi connectivity index (χ2n) is 2.11. The third kappa shape index (κ3) is 1.56. The summed E-state index contributed by atoms with van der Waals surface area (Å²) in [6, 6.07) is 2.59. The number of halogens is 1. The van der Waals surface area contributed by atoms with Crippen LogP contribution >= 0.6 is 11.6 Å². The van der Waals surface area contributed by atoms with Crippen LogP contribution in [0, 0.1) is 0 Å². The second-order valence-corrected chi connectivity index (χ2v) is 2.48. The third-order valence-electron chi connectivity index (χ3n) is 1.28. The van der Waals surface area contributed by atoms with Crippen molar-refractivity contribution in [1.29, 1.82) is 0 Å². The molecule has 0 saturated carbocycles. The molecule has 0 aliphatic carbocycles. The molecule has 0 heterocycles. The summed E-state index contributed by atoms with van der Waals surface area (Å²) >= 11 is 5.42. The van der Waals surface area contributed by atoms with E-state index in [1.165, 1.54) is 12.1 Å². The first-order valence-corrected chi connectivity index (χ1v) is 3.34. The largest absolute Gasteiger partial charge is 0.506 e. The molecule has 1 aromatic carbocycles. The fraction of sp³-hybridized carbons (Fsp3) is 0.143. The van der Waals surface area contributed by atoms with Gasteiger partial charge in [0.2, 0.25) is 0 Å². The lowest BCUT2D eigenvalue weighted by Crippen LogP contribution is -1.82. The van der Waals surface area contributed by atoms with Crippen LogP contribution in [0.3, 0.4) is 0 Å². The van der Waals surface area contributed by atoms with E-state index in [9.17, 15) is 0 Å². The van der Waals surface area contributed by atoms with Crippen LogP contribution in [0.4, 0.5) is 0 Å². The number of aliphatic hydroxyl groups excluding tert-OH is 1. The van der Waals surface area contributed by atoms with Gasteiger partial charge in [-0.25, -0.2) is 0 Å². The number of phenols is 2. The van der Waals surface area contributed by atoms with Crippen molar-refractivity contribution in [2.75, 3.05) is 0 Å². The summed E-state index contributed by atoms with van der Waals surface area (Å²) in [7, 11) is 0. The van der Waals surface area contributed by atoms with Gasteiger partial charge in [0.1, 0.15) is 16.5 Å². The van der Waals surface area contributed by atoms with Gasteiger partial charge in [-0.3, -0.25) is 0 Å². The second kappa shape index (κ2) is 2.98. The minimum atomic E-state index is -0.238. The van der Waals surface area contributed by atoms with Crippen molar-refractivity contribution >= 4 is 11.6 Å². The van der Waals surface area contributed by atoms with Gasteiger partial charge >= 0.3 is 0 Å². The van der Waals surface area contributed by atoms with Crippen LogP contribution in [0.2, 0.25) is 5.02 Å². The Hall–Kier alpha value is -0.930. The van der Waals surface area contributed by atoms with Crippen molar-refractivity contribution in [3.05, 3.63) is 22.7 Å². The minimum absolute atomic E-state index is 0.0952. The lowest BCUT2D eigenvalue weighted by molar-refractivity contribution is 0.280. The molecule has 0 radical (unpaired) electrons. The van der Waals surface area contributed by atoms with Crippen LogP contribution in [-0.2, 0) is 6.61 Å². The van der Waals surface area contributed by atoms with Crippen molar-refractivity contribution in [1.82, 2.24) is 0 Å². The van der Waals surface area contributed by atoms with Gasteiger partial charge < -0.3 is 15.3 Å². The average molecular weight is 175 g/mol. The topological polar surface area (TPSA) is 60.7 Å². The molecule has 0 aromatic heterocycles. The average Bonchev–Trinajstić information content (AvgIpc) is 1.99. The van der Waals surface area contributed by atoms with Gasteiger partial charge in [-0.2, -0.15) is 0 Å². The molecule has 1 aromatic rings. The molecule has 0 unspecified atom stereocenters. The number of rotatable bonds is 1. The normalized spacial score (nSPS) is 10.0. The van der Waals surface area contributed by atoms with E-state index < -0.39 is 0 Å². The monoisotopic (exact) mass is 174 g/mol. The number of benzene rings is 1. The first-order chi connectivity index (χ1) is 5.15. The minimum Gasteiger partial charge on any atom is -0.506 e. The van der Waals surface area contributed by atoms with E-state index in [1.54, 1.807) is 0 Å². The maximum absolute atomic E-state index is 9.01. The zero-order valence-electron chi connectivity index (χ0n) is 5.58. The highest BCUT2D eigenvalue weighted by Crippen LogP contribution is 2.33. The molecule has 0 bridgehead atoms. The third-order valence-corrected chi connectivity index (χ3v) is 1.66. The highest BCUT2D eigenvalue weighted by molar-refractivity contribution is 6.33. The summed E-state index contributed by atoms with van der Waals surface area (Å²) in [5, 5.41) is 26.5. The van der Waals surface area contributed by atoms with Crippen LogP contribution < -0.4 is 0 Å². The molecule has 0 fully saturated rings. The number of aliphatic hydroxyl groups is 1. The van der Waals surface area contributed by atoms with Gasteiger partial charge in [-0.1, -0.05) is 11.6 Å². The van der Waals surface area contributed by atoms with E-state index in [1.807, 2.05) is 0 Å². The Kier molecular flexibility index (Phi) is 2.22. The van der Waals surface area contributed by atoms with Gasteiger partial charge in [0.15, 0.2) is 0 Å². The summed E-state index contributed by atoms with van der Waals surface area (Å²) in [6.07, 6.45) is 0. The molecule has 4 heteroatoms. The van der Waals surface area contributed by atoms with Crippen molar-refractivity contribution in [2.45, 2.75) is 6.61 Å². The fourth-order valence-electron chi connectivity index (χ4n) is 0.742. The van der Waals surface area contributed by atoms with Crippen LogP contribution in [0.5, 0.6) is 11.5 Å². The van der Waals surface area contributed by atoms with Crippen LogP contribution in [0.15, 0.2) is 12.1 Å². The standard InChI is InChI=1S/C7H7ClO3/c8-7-5(10)1-4(3-9)2-6(7)11/h1-2,9-11H,3H2. The Balaban J connectivity index is 3.21. The van der Waals surface area contributed by atoms with Crippen LogP contribution in [0.1, 0.15) is 5.56 Å². The van der Waals surface area contributed by atoms with E-state index in [0.717, 1.165) is 0 Å². The Morgan fingerprint density at radius 1 is 1.18 bits per heavy atom. The molecule has 3 N–H and O–H groups in total. The zero-order chi connectivity index (χ0) is 8.43. The van der Waals surface area contributed by atoms with Gasteiger partial charge in [-0.05, 0) is 17.7 Å². The molecule has 11 heavy (non-hydrogen) atoms. The summed E-state index contributed by atoms with van der Waals surface area (Å²) in [6.45, 7) is -0.238. The predicted molar refractivity (Wildman–Crippen MR) is 40.7 cm³/mol. The molecule has 0 spiro atoms. The molecule has 0 atom stereocenters. The molecule has 0 saturated heterocycles. The molecular weight excluding hydrogens is 168 g/mol. The zero-order valence-corrected chi connectivity index (χ0v) is 6.34. The Morgan fingerprint density at radius 2 is 1.64 bits per heavy atom. The molecule has 3 nitrogen and oxygen atoms in total. The Labute approximate surface area is 68.5 Å². The van der Waals surface area contributed by atoms with Crippen LogP contribution in [0.25, 0.3) is 0 Å². The summed E-state index contributed by atoms with van der Waals surface area (Å²) < 4.78 is 0. The first kappa shape index (κ1) is 8.17. The molecule has 60 valence electrons. The predicted octanol–water partition coefficient (Wildman–Crippen LogP) is 1.24. The SMILES string of the molecule is OCc1cc(O)c(Cl)c(O)c1. The summed E-state index contributed by atoms with van der Waals surface area (Å²) in [4.78, 5) is 0. The van der Waals surface area contributed by atoms with E-state index >= 15 is 0 Å². The lowest BCUT2D eigenvalue weighted by atomic mass is 10.2. The maximum atomic E-state index is 9.01. The van der Waals surface area contributed by atoms with E-state index in [0.29, 0.717) is 5.56 Å². The van der Waals surface area contributed by atoms with Gasteiger partial charge in [0.05, 0.1) is 6.61 Å². The van der Waals surface area contributed by atoms with Crippen molar-refractivity contribution in [3.8, 4) is 11.5 Å². The van der Waals surface area contributed by atoms with Crippen LogP contribution in [-0.4, -0.2) is 15.3 Å². The van der Waals surface area contributed by atoms with Gasteiger partial charge in [0.25, 0.3) is 0 Å².